The van der Waals surface area contributed by atoms with Crippen molar-refractivity contribution < 1.29 is 22.8 Å². The molecule has 0 aliphatic rings. The van der Waals surface area contributed by atoms with Crippen LogP contribution < -0.4 is 4.72 Å². The van der Waals surface area contributed by atoms with Crippen LogP contribution in [0.1, 0.15) is 17.1 Å². The summed E-state index contributed by atoms with van der Waals surface area (Å²) in [4.78, 5) is 17.6. The second-order valence-electron chi connectivity index (χ2n) is 4.48. The number of carboxylic acid groups (broad SMARTS) is 1. The summed E-state index contributed by atoms with van der Waals surface area (Å²) < 4.78 is 30.8. The highest BCUT2D eigenvalue weighted by atomic mass is 32.2. The van der Waals surface area contributed by atoms with Crippen molar-refractivity contribution in [3.63, 3.8) is 0 Å². The van der Waals surface area contributed by atoms with Gasteiger partial charge in [0.25, 0.3) is 0 Å². The van der Waals surface area contributed by atoms with Crippen LogP contribution in [0.3, 0.4) is 0 Å². The third-order valence-electron chi connectivity index (χ3n) is 2.61. The topological polar surface area (TPSA) is 138 Å². The minimum Gasteiger partial charge on any atom is -0.480 e. The second-order valence-corrected chi connectivity index (χ2v) is 6.23. The van der Waals surface area contributed by atoms with Gasteiger partial charge in [0.1, 0.15) is 23.2 Å². The SMILES string of the molecule is Cc1cc(CS(=O)(=O)N[C@H](Cc2cnc[nH]2)C(=O)O)no1. The zero-order chi connectivity index (χ0) is 15.5. The maximum atomic E-state index is 12.0. The van der Waals surface area contributed by atoms with Gasteiger partial charge in [-0.15, -0.1) is 0 Å². The fourth-order valence-corrected chi connectivity index (χ4v) is 2.96. The molecule has 114 valence electrons. The third kappa shape index (κ3) is 4.39. The molecule has 0 aliphatic carbocycles. The molecule has 2 aromatic heterocycles. The lowest BCUT2D eigenvalue weighted by Gasteiger charge is -2.13. The van der Waals surface area contributed by atoms with Crippen LogP contribution in [-0.4, -0.2) is 40.7 Å². The Morgan fingerprint density at radius 1 is 1.57 bits per heavy atom. The van der Waals surface area contributed by atoms with Crippen LogP contribution in [0, 0.1) is 6.92 Å². The smallest absolute Gasteiger partial charge is 0.322 e. The number of rotatable bonds is 7. The number of sulfonamides is 1. The van der Waals surface area contributed by atoms with Gasteiger partial charge >= 0.3 is 5.97 Å². The Morgan fingerprint density at radius 3 is 2.86 bits per heavy atom. The van der Waals surface area contributed by atoms with E-state index in [1.165, 1.54) is 18.6 Å². The Balaban J connectivity index is 2.06. The maximum Gasteiger partial charge on any atom is 0.322 e. The molecule has 0 aliphatic heterocycles. The molecule has 0 aromatic carbocycles. The summed E-state index contributed by atoms with van der Waals surface area (Å²) in [5.41, 5.74) is 0.730. The molecule has 2 aromatic rings. The molecular weight excluding hydrogens is 300 g/mol. The van der Waals surface area contributed by atoms with Crippen LogP contribution in [-0.2, 0) is 27.0 Å². The van der Waals surface area contributed by atoms with Gasteiger partial charge in [-0.25, -0.2) is 18.1 Å². The van der Waals surface area contributed by atoms with Crippen molar-refractivity contribution in [2.24, 2.45) is 0 Å². The molecule has 0 saturated heterocycles. The van der Waals surface area contributed by atoms with Gasteiger partial charge in [0.05, 0.1) is 6.33 Å². The minimum absolute atomic E-state index is 0.0353. The van der Waals surface area contributed by atoms with Gasteiger partial charge in [-0.05, 0) is 6.92 Å². The summed E-state index contributed by atoms with van der Waals surface area (Å²) in [6.45, 7) is 1.63. The average molecular weight is 314 g/mol. The summed E-state index contributed by atoms with van der Waals surface area (Å²) in [5.74, 6) is -1.24. The van der Waals surface area contributed by atoms with E-state index in [0.29, 0.717) is 11.5 Å². The van der Waals surface area contributed by atoms with E-state index in [0.717, 1.165) is 0 Å². The fraction of sp³-hybridized carbons (Fsp3) is 0.364. The van der Waals surface area contributed by atoms with Crippen molar-refractivity contribution in [1.82, 2.24) is 19.8 Å². The summed E-state index contributed by atoms with van der Waals surface area (Å²) in [7, 11) is -3.86. The lowest BCUT2D eigenvalue weighted by atomic mass is 10.2. The van der Waals surface area contributed by atoms with Crippen molar-refractivity contribution in [1.29, 1.82) is 0 Å². The van der Waals surface area contributed by atoms with Crippen LogP contribution in [0.2, 0.25) is 0 Å². The van der Waals surface area contributed by atoms with Gasteiger partial charge in [0, 0.05) is 24.4 Å². The van der Waals surface area contributed by atoms with Crippen LogP contribution in [0.15, 0.2) is 23.1 Å². The molecule has 0 fully saturated rings. The highest BCUT2D eigenvalue weighted by Gasteiger charge is 2.25. The second kappa shape index (κ2) is 6.06. The molecular formula is C11H14N4O5S. The largest absolute Gasteiger partial charge is 0.480 e. The summed E-state index contributed by atoms with van der Waals surface area (Å²) in [5, 5.41) is 12.7. The van der Waals surface area contributed by atoms with Crippen molar-refractivity contribution >= 4 is 16.0 Å². The molecule has 0 saturated carbocycles. The zero-order valence-corrected chi connectivity index (χ0v) is 11.9. The van der Waals surface area contributed by atoms with E-state index in [4.69, 9.17) is 9.63 Å². The molecule has 0 spiro atoms. The minimum atomic E-state index is -3.86. The molecule has 0 unspecified atom stereocenters. The average Bonchev–Trinajstić information content (AvgIpc) is 2.99. The van der Waals surface area contributed by atoms with Gasteiger partial charge in [0.2, 0.25) is 10.0 Å². The van der Waals surface area contributed by atoms with E-state index >= 15 is 0 Å². The van der Waals surface area contributed by atoms with E-state index in [1.54, 1.807) is 6.92 Å². The first kappa shape index (κ1) is 15.2. The quantitative estimate of drug-likeness (QED) is 0.644. The van der Waals surface area contributed by atoms with Gasteiger partial charge in [-0.2, -0.15) is 0 Å². The number of aromatic nitrogens is 3. The van der Waals surface area contributed by atoms with Crippen molar-refractivity contribution in [3.8, 4) is 0 Å². The first-order valence-electron chi connectivity index (χ1n) is 5.98. The Hall–Kier alpha value is -2.20. The van der Waals surface area contributed by atoms with Crippen LogP contribution in [0.25, 0.3) is 0 Å². The Morgan fingerprint density at radius 2 is 2.33 bits per heavy atom. The summed E-state index contributed by atoms with van der Waals surface area (Å²) in [6, 6.07) is 0.188. The molecule has 10 heteroatoms. The Bertz CT molecular complexity index is 707. The molecule has 3 N–H and O–H groups in total. The summed E-state index contributed by atoms with van der Waals surface area (Å²) >= 11 is 0. The number of aliphatic carboxylic acids is 1. The third-order valence-corrected chi connectivity index (χ3v) is 3.93. The molecule has 0 bridgehead atoms. The number of nitrogens with one attached hydrogen (secondary N) is 2. The highest BCUT2D eigenvalue weighted by Crippen LogP contribution is 2.07. The number of aromatic amines is 1. The highest BCUT2D eigenvalue weighted by molar-refractivity contribution is 7.88. The predicted molar refractivity (Wildman–Crippen MR) is 70.7 cm³/mol. The van der Waals surface area contributed by atoms with E-state index in [9.17, 15) is 13.2 Å². The molecule has 0 amide bonds. The molecule has 0 radical (unpaired) electrons. The number of hydrogen-bond acceptors (Lipinski definition) is 6. The monoisotopic (exact) mass is 314 g/mol. The van der Waals surface area contributed by atoms with Crippen LogP contribution >= 0.6 is 0 Å². The molecule has 2 heterocycles. The fourth-order valence-electron chi connectivity index (χ4n) is 1.73. The van der Waals surface area contributed by atoms with E-state index in [2.05, 4.69) is 19.8 Å². The Kier molecular flexibility index (Phi) is 4.38. The number of carbonyl (C=O) groups is 1. The van der Waals surface area contributed by atoms with Crippen molar-refractivity contribution in [2.75, 3.05) is 0 Å². The molecule has 2 rings (SSSR count). The van der Waals surface area contributed by atoms with Gasteiger partial charge < -0.3 is 14.6 Å². The Labute approximate surface area is 120 Å². The molecule has 21 heavy (non-hydrogen) atoms. The van der Waals surface area contributed by atoms with Gasteiger partial charge in [-0.3, -0.25) is 4.79 Å². The lowest BCUT2D eigenvalue weighted by Crippen LogP contribution is -2.42. The first-order chi connectivity index (χ1) is 9.85. The number of imidazole rings is 1. The lowest BCUT2D eigenvalue weighted by molar-refractivity contribution is -0.138. The number of nitrogens with zero attached hydrogens (tertiary/aromatic N) is 2. The summed E-state index contributed by atoms with van der Waals surface area (Å²) in [6.07, 6.45) is 2.79. The van der Waals surface area contributed by atoms with Crippen LogP contribution in [0.5, 0.6) is 0 Å². The standard InChI is InChI=1S/C11H14N4O5S/c1-7-2-9(14-20-7)5-21(18,19)15-10(11(16)17)3-8-4-12-6-13-8/h2,4,6,10,15H,3,5H2,1H3,(H,12,13)(H,16,17)/t10-/m1/s1. The molecule has 9 nitrogen and oxygen atoms in total. The van der Waals surface area contributed by atoms with Crippen molar-refractivity contribution in [2.45, 2.75) is 25.1 Å². The number of carboxylic acids is 1. The molecule has 1 atom stereocenters. The van der Waals surface area contributed by atoms with E-state index < -0.39 is 27.8 Å². The van der Waals surface area contributed by atoms with Gasteiger partial charge in [-0.1, -0.05) is 5.16 Å². The number of aryl methyl sites for hydroxylation is 1. The van der Waals surface area contributed by atoms with E-state index in [1.807, 2.05) is 0 Å². The van der Waals surface area contributed by atoms with Crippen molar-refractivity contribution in [3.05, 3.63) is 35.7 Å². The normalized spacial score (nSPS) is 13.2. The maximum absolute atomic E-state index is 12.0. The predicted octanol–water partition coefficient (Wildman–Crippen LogP) is -0.179. The number of H-pyrrole nitrogens is 1. The van der Waals surface area contributed by atoms with E-state index in [-0.39, 0.29) is 12.1 Å². The number of hydrogen-bond donors (Lipinski definition) is 3. The first-order valence-corrected chi connectivity index (χ1v) is 7.63. The van der Waals surface area contributed by atoms with Gasteiger partial charge in [0.15, 0.2) is 0 Å². The van der Waals surface area contributed by atoms with Crippen LogP contribution in [0.4, 0.5) is 0 Å². The zero-order valence-electron chi connectivity index (χ0n) is 11.1.